The first-order valence-corrected chi connectivity index (χ1v) is 6.64. The molecule has 0 fully saturated rings. The van der Waals surface area contributed by atoms with Crippen molar-refractivity contribution in [3.05, 3.63) is 69.7 Å². The van der Waals surface area contributed by atoms with E-state index in [4.69, 9.17) is 23.2 Å². The van der Waals surface area contributed by atoms with Crippen LogP contribution in [0.15, 0.2) is 48.5 Å². The summed E-state index contributed by atoms with van der Waals surface area (Å²) < 4.78 is 0. The third-order valence-electron chi connectivity index (χ3n) is 2.90. The molecule has 0 unspecified atom stereocenters. The minimum atomic E-state index is 0.290. The van der Waals surface area contributed by atoms with Crippen LogP contribution in [-0.4, -0.2) is 0 Å². The number of halogens is 2. The Labute approximate surface area is 118 Å². The van der Waals surface area contributed by atoms with Gasteiger partial charge in [-0.3, -0.25) is 0 Å². The highest BCUT2D eigenvalue weighted by Crippen LogP contribution is 2.17. The highest BCUT2D eigenvalue weighted by atomic mass is 35.5. The topological polar surface area (TPSA) is 12.0 Å². The van der Waals surface area contributed by atoms with E-state index in [2.05, 4.69) is 12.2 Å². The molecule has 2 aromatic rings. The summed E-state index contributed by atoms with van der Waals surface area (Å²) >= 11 is 11.7. The van der Waals surface area contributed by atoms with E-state index in [1.165, 1.54) is 11.1 Å². The summed E-state index contributed by atoms with van der Waals surface area (Å²) in [5, 5.41) is 5.00. The van der Waals surface area contributed by atoms with E-state index in [0.717, 1.165) is 16.6 Å². The molecular formula is C15H15Cl2N. The van der Waals surface area contributed by atoms with Crippen LogP contribution in [-0.2, 0) is 6.54 Å². The van der Waals surface area contributed by atoms with E-state index < -0.39 is 0 Å². The molecule has 3 heteroatoms. The standard InChI is InChI=1S/C15H15Cl2N/c1-11(13-4-8-15(17)9-5-13)18-10-12-2-6-14(16)7-3-12/h2-9,11,18H,10H2,1H3/t11-/m1/s1. The minimum absolute atomic E-state index is 0.290. The smallest absolute Gasteiger partial charge is 0.0406 e. The SMILES string of the molecule is C[C@@H](NCc1ccc(Cl)cc1)c1ccc(Cl)cc1. The number of nitrogens with one attached hydrogen (secondary N) is 1. The van der Waals surface area contributed by atoms with Gasteiger partial charge in [-0.1, -0.05) is 47.5 Å². The molecule has 0 saturated heterocycles. The predicted molar refractivity (Wildman–Crippen MR) is 78.2 cm³/mol. The molecule has 0 aromatic heterocycles. The van der Waals surface area contributed by atoms with Crippen molar-refractivity contribution >= 4 is 23.2 Å². The summed E-state index contributed by atoms with van der Waals surface area (Å²) in [6.07, 6.45) is 0. The van der Waals surface area contributed by atoms with Crippen molar-refractivity contribution in [2.75, 3.05) is 0 Å². The normalized spacial score (nSPS) is 12.4. The Morgan fingerprint density at radius 3 is 1.94 bits per heavy atom. The van der Waals surface area contributed by atoms with Gasteiger partial charge in [0, 0.05) is 22.6 Å². The van der Waals surface area contributed by atoms with Gasteiger partial charge < -0.3 is 5.32 Å². The number of hydrogen-bond donors (Lipinski definition) is 1. The van der Waals surface area contributed by atoms with Crippen LogP contribution in [0.4, 0.5) is 0 Å². The van der Waals surface area contributed by atoms with Gasteiger partial charge in [-0.25, -0.2) is 0 Å². The lowest BCUT2D eigenvalue weighted by Gasteiger charge is -2.14. The quantitative estimate of drug-likeness (QED) is 0.844. The Hall–Kier alpha value is -1.02. The third kappa shape index (κ3) is 3.74. The van der Waals surface area contributed by atoms with Crippen molar-refractivity contribution in [3.63, 3.8) is 0 Å². The second-order valence-electron chi connectivity index (χ2n) is 4.28. The summed E-state index contributed by atoms with van der Waals surface area (Å²) in [6.45, 7) is 2.96. The van der Waals surface area contributed by atoms with E-state index in [-0.39, 0.29) is 6.04 Å². The van der Waals surface area contributed by atoms with Crippen LogP contribution in [0.25, 0.3) is 0 Å². The van der Waals surface area contributed by atoms with Gasteiger partial charge >= 0.3 is 0 Å². The van der Waals surface area contributed by atoms with Crippen LogP contribution in [0.1, 0.15) is 24.1 Å². The maximum atomic E-state index is 5.87. The van der Waals surface area contributed by atoms with Crippen molar-refractivity contribution in [1.29, 1.82) is 0 Å². The summed E-state index contributed by atoms with van der Waals surface area (Å²) in [4.78, 5) is 0. The Kier molecular flexibility index (Phi) is 4.65. The van der Waals surface area contributed by atoms with Crippen molar-refractivity contribution in [3.8, 4) is 0 Å². The fourth-order valence-electron chi connectivity index (χ4n) is 1.74. The molecule has 94 valence electrons. The first kappa shape index (κ1) is 13.4. The van der Waals surface area contributed by atoms with Crippen molar-refractivity contribution in [2.45, 2.75) is 19.5 Å². The molecule has 1 N–H and O–H groups in total. The average Bonchev–Trinajstić information content (AvgIpc) is 2.38. The van der Waals surface area contributed by atoms with Crippen LogP contribution in [0.5, 0.6) is 0 Å². The van der Waals surface area contributed by atoms with Gasteiger partial charge in [-0.05, 0) is 42.3 Å². The lowest BCUT2D eigenvalue weighted by Crippen LogP contribution is -2.17. The highest BCUT2D eigenvalue weighted by Gasteiger charge is 2.04. The van der Waals surface area contributed by atoms with Gasteiger partial charge in [0.25, 0.3) is 0 Å². The van der Waals surface area contributed by atoms with Crippen LogP contribution < -0.4 is 5.32 Å². The molecule has 0 spiro atoms. The maximum Gasteiger partial charge on any atom is 0.0406 e. The number of rotatable bonds is 4. The fraction of sp³-hybridized carbons (Fsp3) is 0.200. The van der Waals surface area contributed by atoms with Gasteiger partial charge in [-0.15, -0.1) is 0 Å². The minimum Gasteiger partial charge on any atom is -0.306 e. The molecule has 2 aromatic carbocycles. The summed E-state index contributed by atoms with van der Waals surface area (Å²) in [7, 11) is 0. The zero-order chi connectivity index (χ0) is 13.0. The van der Waals surface area contributed by atoms with E-state index in [1.807, 2.05) is 48.5 Å². The van der Waals surface area contributed by atoms with E-state index in [0.29, 0.717) is 0 Å². The molecule has 1 nitrogen and oxygen atoms in total. The molecule has 0 aliphatic heterocycles. The molecule has 0 bridgehead atoms. The average molecular weight is 280 g/mol. The predicted octanol–water partition coefficient (Wildman–Crippen LogP) is 4.84. The lowest BCUT2D eigenvalue weighted by atomic mass is 10.1. The van der Waals surface area contributed by atoms with Crippen LogP contribution in [0.3, 0.4) is 0 Å². The van der Waals surface area contributed by atoms with Crippen LogP contribution in [0.2, 0.25) is 10.0 Å². The summed E-state index contributed by atoms with van der Waals surface area (Å²) in [5.74, 6) is 0. The Balaban J connectivity index is 1.93. The number of hydrogen-bond acceptors (Lipinski definition) is 1. The van der Waals surface area contributed by atoms with Gasteiger partial charge in [-0.2, -0.15) is 0 Å². The molecule has 0 saturated carbocycles. The molecule has 0 amide bonds. The van der Waals surface area contributed by atoms with Gasteiger partial charge in [0.05, 0.1) is 0 Å². The van der Waals surface area contributed by atoms with E-state index in [1.54, 1.807) is 0 Å². The molecular weight excluding hydrogens is 265 g/mol. The Morgan fingerprint density at radius 2 is 1.39 bits per heavy atom. The molecule has 0 radical (unpaired) electrons. The van der Waals surface area contributed by atoms with Crippen molar-refractivity contribution in [2.24, 2.45) is 0 Å². The van der Waals surface area contributed by atoms with Gasteiger partial charge in [0.2, 0.25) is 0 Å². The first-order valence-electron chi connectivity index (χ1n) is 5.88. The molecule has 0 aliphatic rings. The van der Waals surface area contributed by atoms with E-state index in [9.17, 15) is 0 Å². The largest absolute Gasteiger partial charge is 0.306 e. The zero-order valence-electron chi connectivity index (χ0n) is 10.2. The van der Waals surface area contributed by atoms with Crippen molar-refractivity contribution < 1.29 is 0 Å². The zero-order valence-corrected chi connectivity index (χ0v) is 11.7. The maximum absolute atomic E-state index is 5.87. The Bertz CT molecular complexity index is 491. The lowest BCUT2D eigenvalue weighted by molar-refractivity contribution is 0.575. The molecule has 18 heavy (non-hydrogen) atoms. The molecule has 0 heterocycles. The molecule has 2 rings (SSSR count). The van der Waals surface area contributed by atoms with Crippen LogP contribution in [0, 0.1) is 0 Å². The monoisotopic (exact) mass is 279 g/mol. The molecule has 0 aliphatic carbocycles. The second-order valence-corrected chi connectivity index (χ2v) is 5.15. The second kappa shape index (κ2) is 6.24. The third-order valence-corrected chi connectivity index (χ3v) is 3.40. The first-order chi connectivity index (χ1) is 8.65. The molecule has 1 atom stereocenters. The summed E-state index contributed by atoms with van der Waals surface area (Å²) in [5.41, 5.74) is 2.45. The van der Waals surface area contributed by atoms with Gasteiger partial charge in [0.1, 0.15) is 0 Å². The van der Waals surface area contributed by atoms with Crippen molar-refractivity contribution in [1.82, 2.24) is 5.32 Å². The highest BCUT2D eigenvalue weighted by molar-refractivity contribution is 6.30. The van der Waals surface area contributed by atoms with E-state index >= 15 is 0 Å². The fourth-order valence-corrected chi connectivity index (χ4v) is 1.99. The Morgan fingerprint density at radius 1 is 0.889 bits per heavy atom. The van der Waals surface area contributed by atoms with Crippen LogP contribution >= 0.6 is 23.2 Å². The summed E-state index contributed by atoms with van der Waals surface area (Å²) in [6, 6.07) is 16.1. The number of benzene rings is 2. The van der Waals surface area contributed by atoms with Gasteiger partial charge in [0.15, 0.2) is 0 Å².